The summed E-state index contributed by atoms with van der Waals surface area (Å²) in [5.74, 6) is -0.745. The largest absolute Gasteiger partial charge is 1.00 e. The van der Waals surface area contributed by atoms with E-state index >= 15 is 0 Å². The van der Waals surface area contributed by atoms with Crippen molar-refractivity contribution < 1.29 is 54.3 Å². The molecule has 2 atom stereocenters. The van der Waals surface area contributed by atoms with E-state index in [1.165, 1.54) is 30.8 Å². The molecule has 0 radical (unpaired) electrons. The maximum Gasteiger partial charge on any atom is 0.302 e. The maximum absolute atomic E-state index is 12.8. The van der Waals surface area contributed by atoms with Crippen molar-refractivity contribution in [3.05, 3.63) is 47.5 Å². The Bertz CT molecular complexity index is 1560. The minimum Gasteiger partial charge on any atom is -1.00 e. The highest BCUT2D eigenvalue weighted by Crippen LogP contribution is 2.48. The highest BCUT2D eigenvalue weighted by molar-refractivity contribution is 8.00. The quantitative estimate of drug-likeness (QED) is 0.0483. The van der Waals surface area contributed by atoms with E-state index < -0.39 is 33.2 Å². The molecule has 12 nitrogen and oxygen atoms in total. The summed E-state index contributed by atoms with van der Waals surface area (Å²) < 4.78 is 39.2. The molecular formula is C28H33ClN4O8S2. The van der Waals surface area contributed by atoms with Crippen LogP contribution >= 0.6 is 11.8 Å². The van der Waals surface area contributed by atoms with E-state index in [-0.39, 0.29) is 55.1 Å². The van der Waals surface area contributed by atoms with Gasteiger partial charge in [0.25, 0.3) is 10.1 Å². The van der Waals surface area contributed by atoms with Crippen LogP contribution in [0.1, 0.15) is 49.7 Å². The van der Waals surface area contributed by atoms with Crippen LogP contribution in [0.4, 0.5) is 5.69 Å². The molecule has 5 N–H and O–H groups in total. The predicted octanol–water partition coefficient (Wildman–Crippen LogP) is -2.35. The lowest BCUT2D eigenvalue weighted by Crippen LogP contribution is -3.00. The average molecular weight is 653 g/mol. The third kappa shape index (κ3) is 7.93. The lowest BCUT2D eigenvalue weighted by Gasteiger charge is -2.16. The van der Waals surface area contributed by atoms with Crippen LogP contribution in [0.25, 0.3) is 11.1 Å². The average Bonchev–Trinajstić information content (AvgIpc) is 3.39. The fourth-order valence-electron chi connectivity index (χ4n) is 5.11. The zero-order valence-corrected chi connectivity index (χ0v) is 26.0. The molecule has 4 rings (SSSR count). The number of thioether (sulfide) groups is 1. The van der Waals surface area contributed by atoms with Gasteiger partial charge in [0.15, 0.2) is 0 Å². The standard InChI is InChI=1S/C28H32N4O8S2.ClH/c1-16(33)40-15-21-18-5-3-6-23(42(37,38)39)27(18)19-9-8-17(13-20(19)21)31-25(34)10-11-32-26(35)14-22(28(32)36)41-12-4-7-24(29)30-2;/h3,5-6,8-9,13,21-22H,4,7,10-12,14-15H2,1-2H3,(H2,29,30)(H,31,34)(H,37,38,39);1H. The molecule has 2 aromatic rings. The molecule has 2 aliphatic rings. The topological polar surface area (TPSA) is 187 Å². The van der Waals surface area contributed by atoms with E-state index in [0.29, 0.717) is 46.0 Å². The fraction of sp³-hybridized carbons (Fsp3) is 0.393. The first-order chi connectivity index (χ1) is 19.9. The van der Waals surface area contributed by atoms with Crippen LogP contribution in [0.2, 0.25) is 0 Å². The zero-order chi connectivity index (χ0) is 30.6. The monoisotopic (exact) mass is 652 g/mol. The second kappa shape index (κ2) is 14.3. The van der Waals surface area contributed by atoms with Gasteiger partial charge in [0.1, 0.15) is 11.5 Å². The Labute approximate surface area is 260 Å². The van der Waals surface area contributed by atoms with E-state index in [0.717, 1.165) is 11.3 Å². The van der Waals surface area contributed by atoms with Gasteiger partial charge in [-0.2, -0.15) is 8.42 Å². The van der Waals surface area contributed by atoms with Crippen molar-refractivity contribution in [3.8, 4) is 11.1 Å². The molecule has 1 fully saturated rings. The van der Waals surface area contributed by atoms with Crippen LogP contribution in [0.15, 0.2) is 41.3 Å². The second-order valence-corrected chi connectivity index (χ2v) is 12.7. The van der Waals surface area contributed by atoms with Gasteiger partial charge in [-0.1, -0.05) is 18.2 Å². The van der Waals surface area contributed by atoms with Gasteiger partial charge in [0, 0.05) is 49.9 Å². The van der Waals surface area contributed by atoms with Gasteiger partial charge >= 0.3 is 5.97 Å². The number of anilines is 1. The summed E-state index contributed by atoms with van der Waals surface area (Å²) in [5.41, 5.74) is 8.15. The number of nitrogens with zero attached hydrogens (tertiary/aromatic N) is 1. The maximum atomic E-state index is 12.8. The molecule has 1 saturated heterocycles. The summed E-state index contributed by atoms with van der Waals surface area (Å²) in [7, 11) is -2.80. The van der Waals surface area contributed by atoms with Crippen LogP contribution in [0, 0.1) is 0 Å². The van der Waals surface area contributed by atoms with E-state index in [4.69, 9.17) is 10.5 Å². The van der Waals surface area contributed by atoms with Gasteiger partial charge in [-0.25, -0.2) is 0 Å². The Balaban J connectivity index is 0.00000506. The number of fused-ring (bicyclic) bond motifs is 3. The van der Waals surface area contributed by atoms with Crippen LogP contribution in [0.5, 0.6) is 0 Å². The highest BCUT2D eigenvalue weighted by Gasteiger charge is 2.39. The summed E-state index contributed by atoms with van der Waals surface area (Å²) in [4.78, 5) is 53.3. The lowest BCUT2D eigenvalue weighted by molar-refractivity contribution is -0.422. The fourth-order valence-corrected chi connectivity index (χ4v) is 6.98. The van der Waals surface area contributed by atoms with Crippen molar-refractivity contribution in [1.82, 2.24) is 4.90 Å². The van der Waals surface area contributed by atoms with Crippen molar-refractivity contribution in [2.24, 2.45) is 5.73 Å². The molecule has 0 saturated carbocycles. The van der Waals surface area contributed by atoms with Crippen molar-refractivity contribution in [1.29, 1.82) is 0 Å². The smallest absolute Gasteiger partial charge is 0.302 e. The zero-order valence-electron chi connectivity index (χ0n) is 23.6. The third-order valence-corrected chi connectivity index (χ3v) is 9.33. The van der Waals surface area contributed by atoms with Crippen LogP contribution in [0.3, 0.4) is 0 Å². The summed E-state index contributed by atoms with van der Waals surface area (Å²) in [5, 5.41) is 2.29. The first-order valence-corrected chi connectivity index (χ1v) is 15.8. The number of imide groups is 1. The normalized spacial score (nSPS) is 17.7. The Morgan fingerprint density at radius 1 is 1.19 bits per heavy atom. The molecule has 2 unspecified atom stereocenters. The first-order valence-electron chi connectivity index (χ1n) is 13.3. The van der Waals surface area contributed by atoms with Gasteiger partial charge in [-0.05, 0) is 47.1 Å². The number of amides is 3. The molecule has 0 bridgehead atoms. The number of nitrogens with one attached hydrogen (secondary N) is 2. The van der Waals surface area contributed by atoms with Crippen molar-refractivity contribution in [2.75, 3.05) is 31.3 Å². The van der Waals surface area contributed by atoms with Crippen LogP contribution in [-0.2, 0) is 34.0 Å². The molecule has 1 aliphatic carbocycles. The SMILES string of the molecule is C[NH+]=C(N)CCCSC1CC(=O)N(CCC(=O)Nc2ccc3c(c2)C(COC(C)=O)c2cccc(S(=O)(=O)O)c2-3)C1=O.[Cl-]. The number of carbonyl (C=O) groups excluding carboxylic acids is 4. The van der Waals surface area contributed by atoms with Gasteiger partial charge in [-0.15, -0.1) is 11.8 Å². The second-order valence-electron chi connectivity index (χ2n) is 9.98. The number of amidine groups is 1. The Hall–Kier alpha value is -3.46. The van der Waals surface area contributed by atoms with E-state index in [1.807, 2.05) is 0 Å². The Morgan fingerprint density at radius 2 is 1.93 bits per heavy atom. The predicted molar refractivity (Wildman–Crippen MR) is 156 cm³/mol. The molecule has 3 amide bonds. The van der Waals surface area contributed by atoms with Crippen LogP contribution in [-0.4, -0.2) is 78.6 Å². The number of hydrogen-bond donors (Lipinski definition) is 4. The first kappa shape index (κ1) is 34.0. The number of rotatable bonds is 12. The summed E-state index contributed by atoms with van der Waals surface area (Å²) in [6, 6.07) is 9.37. The molecular weight excluding hydrogens is 620 g/mol. The molecule has 43 heavy (non-hydrogen) atoms. The minimum absolute atomic E-state index is 0. The molecule has 1 aliphatic heterocycles. The van der Waals surface area contributed by atoms with E-state index in [2.05, 4.69) is 10.3 Å². The Morgan fingerprint density at radius 3 is 2.60 bits per heavy atom. The van der Waals surface area contributed by atoms with E-state index in [9.17, 15) is 32.1 Å². The van der Waals surface area contributed by atoms with Crippen molar-refractivity contribution in [2.45, 2.75) is 48.7 Å². The number of nitrogens with two attached hydrogens (primary N) is 1. The number of hydrogen-bond acceptors (Lipinski definition) is 8. The molecule has 1 heterocycles. The summed E-state index contributed by atoms with van der Waals surface area (Å²) >= 11 is 1.41. The molecule has 232 valence electrons. The minimum atomic E-state index is -4.54. The highest BCUT2D eigenvalue weighted by atomic mass is 35.5. The summed E-state index contributed by atoms with van der Waals surface area (Å²) in [6.45, 7) is 1.14. The Kier molecular flexibility index (Phi) is 11.4. The molecule has 0 aromatic heterocycles. The summed E-state index contributed by atoms with van der Waals surface area (Å²) in [6.07, 6.45) is 1.42. The number of ether oxygens (including phenoxy) is 1. The van der Waals surface area contributed by atoms with Gasteiger partial charge < -0.3 is 22.5 Å². The van der Waals surface area contributed by atoms with Gasteiger partial charge in [-0.3, -0.25) is 39.4 Å². The van der Waals surface area contributed by atoms with Crippen molar-refractivity contribution in [3.63, 3.8) is 0 Å². The van der Waals surface area contributed by atoms with Crippen molar-refractivity contribution >= 4 is 57.1 Å². The number of esters is 1. The van der Waals surface area contributed by atoms with Crippen LogP contribution < -0.4 is 28.4 Å². The number of halogens is 1. The lowest BCUT2D eigenvalue weighted by atomic mass is 9.97. The number of benzene rings is 2. The number of likely N-dealkylation sites (tertiary alicyclic amines) is 1. The molecule has 2 aromatic carbocycles. The number of carbonyl (C=O) groups is 4. The molecule has 15 heteroatoms. The van der Waals surface area contributed by atoms with Gasteiger partial charge in [0.2, 0.25) is 23.6 Å². The van der Waals surface area contributed by atoms with Gasteiger partial charge in [0.05, 0.1) is 12.3 Å². The molecule has 0 spiro atoms. The van der Waals surface area contributed by atoms with E-state index in [1.54, 1.807) is 31.3 Å². The third-order valence-electron chi connectivity index (χ3n) is 7.14.